The monoisotopic (exact) mass is 372 g/mol. The third-order valence-corrected chi connectivity index (χ3v) is 4.72. The molecule has 0 spiro atoms. The molecule has 3 N–H and O–H groups in total. The third-order valence-electron chi connectivity index (χ3n) is 3.94. The summed E-state index contributed by atoms with van der Waals surface area (Å²) in [5, 5.41) is 3.69. The molecule has 1 aromatic heterocycles. The van der Waals surface area contributed by atoms with Gasteiger partial charge in [0.15, 0.2) is 0 Å². The van der Waals surface area contributed by atoms with E-state index in [4.69, 9.17) is 5.73 Å². The number of likely N-dealkylation sites (N-methyl/N-ethyl adjacent to an activating group) is 1. The molecule has 0 atom stereocenters. The number of nitrogen functional groups attached to an aromatic ring is 1. The van der Waals surface area contributed by atoms with Gasteiger partial charge in [-0.1, -0.05) is 0 Å². The number of nitrogens with one attached hydrogen (secondary N) is 1. The second-order valence-electron chi connectivity index (χ2n) is 5.80. The van der Waals surface area contributed by atoms with Crippen LogP contribution in [0, 0.1) is 5.82 Å². The molecule has 0 radical (unpaired) electrons. The number of hydrogen-bond donors (Lipinski definition) is 2. The van der Waals surface area contributed by atoms with Crippen molar-refractivity contribution < 1.29 is 14.0 Å². The Balaban J connectivity index is 1.55. The Morgan fingerprint density at radius 2 is 2.00 bits per heavy atom. The summed E-state index contributed by atoms with van der Waals surface area (Å²) >= 11 is 1.37. The number of amides is 2. The lowest BCUT2D eigenvalue weighted by Gasteiger charge is -2.17. The largest absolute Gasteiger partial charge is 0.396 e. The van der Waals surface area contributed by atoms with E-state index in [2.05, 4.69) is 9.69 Å². The molecule has 0 fully saturated rings. The van der Waals surface area contributed by atoms with Gasteiger partial charge in [-0.3, -0.25) is 9.59 Å². The van der Waals surface area contributed by atoms with Crippen molar-refractivity contribution in [3.05, 3.63) is 59.5 Å². The van der Waals surface area contributed by atoms with Crippen LogP contribution in [-0.2, 0) is 0 Å². The minimum atomic E-state index is -0.629. The van der Waals surface area contributed by atoms with Crippen molar-refractivity contribution in [3.63, 3.8) is 0 Å². The van der Waals surface area contributed by atoms with Gasteiger partial charge in [-0.25, -0.2) is 4.39 Å². The van der Waals surface area contributed by atoms with Crippen LogP contribution in [0.15, 0.2) is 42.6 Å². The van der Waals surface area contributed by atoms with E-state index >= 15 is 0 Å². The number of carbonyl (C=O) groups is 2. The number of fused-ring (bicyclic) bond motifs is 1. The highest BCUT2D eigenvalue weighted by atomic mass is 32.1. The number of nitrogens with two attached hydrogens (primary N) is 1. The maximum atomic E-state index is 13.5. The quantitative estimate of drug-likeness (QED) is 0.674. The van der Waals surface area contributed by atoms with Crippen LogP contribution in [0.4, 0.5) is 10.1 Å². The van der Waals surface area contributed by atoms with Crippen LogP contribution in [0.1, 0.15) is 20.7 Å². The van der Waals surface area contributed by atoms with Crippen LogP contribution in [0.2, 0.25) is 0 Å². The van der Waals surface area contributed by atoms with Gasteiger partial charge in [0.05, 0.1) is 10.4 Å². The SMILES string of the molecule is CN(CCNC(=O)c1ccc2sncc2c1)C(=O)c1ccc(N)c(F)c1. The normalized spacial score (nSPS) is 10.7. The average Bonchev–Trinajstić information content (AvgIpc) is 3.10. The van der Waals surface area contributed by atoms with Crippen molar-refractivity contribution >= 4 is 39.1 Å². The Kier molecular flexibility index (Phi) is 5.13. The van der Waals surface area contributed by atoms with Crippen LogP contribution < -0.4 is 11.1 Å². The first-order chi connectivity index (χ1) is 12.5. The molecule has 8 heteroatoms. The van der Waals surface area contributed by atoms with Crippen molar-refractivity contribution in [1.82, 2.24) is 14.6 Å². The maximum absolute atomic E-state index is 13.5. The number of carbonyl (C=O) groups excluding carboxylic acids is 2. The van der Waals surface area contributed by atoms with E-state index in [1.54, 1.807) is 25.4 Å². The molecule has 0 aliphatic rings. The molecule has 0 unspecified atom stereocenters. The molecule has 0 bridgehead atoms. The zero-order chi connectivity index (χ0) is 18.7. The smallest absolute Gasteiger partial charge is 0.253 e. The fourth-order valence-corrected chi connectivity index (χ4v) is 3.06. The van der Waals surface area contributed by atoms with Gasteiger partial charge in [-0.15, -0.1) is 0 Å². The molecule has 26 heavy (non-hydrogen) atoms. The van der Waals surface area contributed by atoms with Gasteiger partial charge in [0, 0.05) is 42.8 Å². The predicted molar refractivity (Wildman–Crippen MR) is 99.7 cm³/mol. The lowest BCUT2D eigenvalue weighted by molar-refractivity contribution is 0.0786. The Bertz CT molecular complexity index is 973. The van der Waals surface area contributed by atoms with Crippen LogP contribution >= 0.6 is 11.5 Å². The van der Waals surface area contributed by atoms with E-state index in [0.717, 1.165) is 16.2 Å². The van der Waals surface area contributed by atoms with E-state index in [0.29, 0.717) is 12.1 Å². The minimum absolute atomic E-state index is 0.00532. The van der Waals surface area contributed by atoms with Crippen molar-refractivity contribution in [3.8, 4) is 0 Å². The number of anilines is 1. The average molecular weight is 372 g/mol. The second-order valence-corrected chi connectivity index (χ2v) is 6.63. The van der Waals surface area contributed by atoms with Gasteiger partial charge >= 0.3 is 0 Å². The zero-order valence-electron chi connectivity index (χ0n) is 14.0. The Hall–Kier alpha value is -3.00. The highest BCUT2D eigenvalue weighted by molar-refractivity contribution is 7.13. The van der Waals surface area contributed by atoms with Crippen LogP contribution in [-0.4, -0.2) is 41.2 Å². The standard InChI is InChI=1S/C18H17FN4O2S/c1-23(18(25)12-2-4-15(20)14(19)9-12)7-6-21-17(24)11-3-5-16-13(8-11)10-22-26-16/h2-5,8-10H,6-7,20H2,1H3,(H,21,24). The van der Waals surface area contributed by atoms with Crippen molar-refractivity contribution in [2.24, 2.45) is 0 Å². The number of benzene rings is 2. The van der Waals surface area contributed by atoms with Gasteiger partial charge in [-0.2, -0.15) is 4.37 Å². The summed E-state index contributed by atoms with van der Waals surface area (Å²) in [7, 11) is 1.59. The highest BCUT2D eigenvalue weighted by Crippen LogP contribution is 2.19. The molecule has 1 heterocycles. The van der Waals surface area contributed by atoms with E-state index in [9.17, 15) is 14.0 Å². The molecule has 0 saturated carbocycles. The van der Waals surface area contributed by atoms with E-state index in [-0.39, 0.29) is 29.6 Å². The molecule has 0 saturated heterocycles. The molecule has 6 nitrogen and oxygen atoms in total. The topological polar surface area (TPSA) is 88.3 Å². The Morgan fingerprint density at radius 3 is 2.77 bits per heavy atom. The minimum Gasteiger partial charge on any atom is -0.396 e. The maximum Gasteiger partial charge on any atom is 0.253 e. The number of rotatable bonds is 5. The first-order valence-electron chi connectivity index (χ1n) is 7.89. The molecular formula is C18H17FN4O2S. The van der Waals surface area contributed by atoms with E-state index < -0.39 is 5.82 Å². The highest BCUT2D eigenvalue weighted by Gasteiger charge is 2.14. The summed E-state index contributed by atoms with van der Waals surface area (Å²) in [5.41, 5.74) is 6.15. The van der Waals surface area contributed by atoms with Crippen molar-refractivity contribution in [2.75, 3.05) is 25.9 Å². The van der Waals surface area contributed by atoms with Crippen LogP contribution in [0.25, 0.3) is 10.1 Å². The van der Waals surface area contributed by atoms with E-state index in [1.165, 1.54) is 28.6 Å². The van der Waals surface area contributed by atoms with Gasteiger partial charge in [0.1, 0.15) is 5.82 Å². The number of hydrogen-bond acceptors (Lipinski definition) is 5. The molecular weight excluding hydrogens is 355 g/mol. The fraction of sp³-hybridized carbons (Fsp3) is 0.167. The van der Waals surface area contributed by atoms with Crippen molar-refractivity contribution in [2.45, 2.75) is 0 Å². The second kappa shape index (κ2) is 7.49. The summed E-state index contributed by atoms with van der Waals surface area (Å²) in [6.45, 7) is 0.567. The molecule has 2 aromatic carbocycles. The molecule has 3 aromatic rings. The van der Waals surface area contributed by atoms with Crippen molar-refractivity contribution in [1.29, 1.82) is 0 Å². The molecule has 2 amide bonds. The van der Waals surface area contributed by atoms with E-state index in [1.807, 2.05) is 6.07 Å². The predicted octanol–water partition coefficient (Wildman–Crippen LogP) is 2.52. The van der Waals surface area contributed by atoms with Gasteiger partial charge in [0.2, 0.25) is 0 Å². The Labute approximate surface area is 153 Å². The van der Waals surface area contributed by atoms with Gasteiger partial charge < -0.3 is 16.0 Å². The number of nitrogens with zero attached hydrogens (tertiary/aromatic N) is 2. The third kappa shape index (κ3) is 3.80. The first kappa shape index (κ1) is 17.8. The molecule has 0 aliphatic heterocycles. The van der Waals surface area contributed by atoms with Crippen LogP contribution in [0.3, 0.4) is 0 Å². The summed E-state index contributed by atoms with van der Waals surface area (Å²) in [4.78, 5) is 25.9. The summed E-state index contributed by atoms with van der Waals surface area (Å²) in [6.07, 6.45) is 1.72. The lowest BCUT2D eigenvalue weighted by atomic mass is 10.1. The summed E-state index contributed by atoms with van der Waals surface area (Å²) < 4.78 is 18.6. The van der Waals surface area contributed by atoms with Crippen LogP contribution in [0.5, 0.6) is 0 Å². The number of halogens is 1. The molecule has 3 rings (SSSR count). The summed E-state index contributed by atoms with van der Waals surface area (Å²) in [5.74, 6) is -1.20. The zero-order valence-corrected chi connectivity index (χ0v) is 14.8. The number of aromatic nitrogens is 1. The molecule has 134 valence electrons. The molecule has 0 aliphatic carbocycles. The first-order valence-corrected chi connectivity index (χ1v) is 8.66. The fourth-order valence-electron chi connectivity index (χ4n) is 2.43. The summed E-state index contributed by atoms with van der Waals surface area (Å²) in [6, 6.07) is 9.31. The van der Waals surface area contributed by atoms with Gasteiger partial charge in [0.25, 0.3) is 11.8 Å². The lowest BCUT2D eigenvalue weighted by Crippen LogP contribution is -2.36. The Morgan fingerprint density at radius 1 is 1.23 bits per heavy atom. The van der Waals surface area contributed by atoms with Gasteiger partial charge in [-0.05, 0) is 47.9 Å².